The molecule has 0 heterocycles. The summed E-state index contributed by atoms with van der Waals surface area (Å²) >= 11 is 5.32. The first kappa shape index (κ1) is 18.2. The number of ether oxygens (including phenoxy) is 1. The smallest absolute Gasteiger partial charge is 0.410 e. The fourth-order valence-electron chi connectivity index (χ4n) is 3.00. The van der Waals surface area contributed by atoms with Crippen LogP contribution < -0.4 is 20.7 Å². The molecule has 0 aromatic heterocycles. The van der Waals surface area contributed by atoms with Gasteiger partial charge in [0.15, 0.2) is 5.11 Å². The molecule has 0 bridgehead atoms. The summed E-state index contributed by atoms with van der Waals surface area (Å²) in [5.74, 6) is 0.478. The molecule has 0 unspecified atom stereocenters. The van der Waals surface area contributed by atoms with Crippen LogP contribution in [0.2, 0.25) is 0 Å². The molecule has 0 aliphatic heterocycles. The third kappa shape index (κ3) is 5.74. The van der Waals surface area contributed by atoms with Crippen molar-refractivity contribution >= 4 is 34.8 Å². The first-order chi connectivity index (χ1) is 12.7. The first-order valence-corrected chi connectivity index (χ1v) is 9.31. The van der Waals surface area contributed by atoms with Gasteiger partial charge in [-0.15, -0.1) is 0 Å². The molecule has 3 rings (SSSR count). The van der Waals surface area contributed by atoms with Crippen molar-refractivity contribution in [3.05, 3.63) is 54.6 Å². The Bertz CT molecular complexity index is 746. The highest BCUT2D eigenvalue weighted by Crippen LogP contribution is 2.20. The van der Waals surface area contributed by atoms with Crippen molar-refractivity contribution in [1.82, 2.24) is 5.32 Å². The quantitative estimate of drug-likeness (QED) is 0.668. The highest BCUT2D eigenvalue weighted by atomic mass is 32.1. The van der Waals surface area contributed by atoms with Crippen LogP contribution in [-0.2, 0) is 0 Å². The van der Waals surface area contributed by atoms with Gasteiger partial charge in [0.25, 0.3) is 0 Å². The predicted octanol–water partition coefficient (Wildman–Crippen LogP) is 4.92. The molecule has 1 fully saturated rings. The summed E-state index contributed by atoms with van der Waals surface area (Å²) in [6.45, 7) is 0. The van der Waals surface area contributed by atoms with Crippen molar-refractivity contribution in [3.63, 3.8) is 0 Å². The second-order valence-corrected chi connectivity index (χ2v) is 6.75. The Morgan fingerprint density at radius 2 is 1.62 bits per heavy atom. The number of hydrogen-bond acceptors (Lipinski definition) is 3. The Balaban J connectivity index is 1.52. The largest absolute Gasteiger partial charge is 0.412 e. The Hall–Kier alpha value is -2.60. The van der Waals surface area contributed by atoms with E-state index in [4.69, 9.17) is 17.0 Å². The average molecular weight is 369 g/mol. The molecular formula is C20H23N3O2S. The average Bonchev–Trinajstić information content (AvgIpc) is 2.63. The molecule has 3 N–H and O–H groups in total. The summed E-state index contributed by atoms with van der Waals surface area (Å²) in [7, 11) is 0. The number of para-hydroxylation sites is 1. The van der Waals surface area contributed by atoms with Crippen LogP contribution in [0, 0.1) is 0 Å². The van der Waals surface area contributed by atoms with Crippen LogP contribution in [0.4, 0.5) is 16.2 Å². The minimum atomic E-state index is -0.404. The predicted molar refractivity (Wildman–Crippen MR) is 109 cm³/mol. The Morgan fingerprint density at radius 1 is 0.923 bits per heavy atom. The maximum Gasteiger partial charge on any atom is 0.412 e. The van der Waals surface area contributed by atoms with E-state index in [0.29, 0.717) is 10.9 Å². The normalized spacial score (nSPS) is 14.3. The lowest BCUT2D eigenvalue weighted by Gasteiger charge is -2.22. The molecule has 0 atom stereocenters. The summed E-state index contributed by atoms with van der Waals surface area (Å²) < 4.78 is 5.40. The number of rotatable bonds is 4. The van der Waals surface area contributed by atoms with Crippen molar-refractivity contribution < 1.29 is 9.53 Å². The van der Waals surface area contributed by atoms with Crippen LogP contribution >= 0.6 is 12.2 Å². The summed E-state index contributed by atoms with van der Waals surface area (Å²) in [5.41, 5.74) is 1.66. The molecule has 0 saturated heterocycles. The first-order valence-electron chi connectivity index (χ1n) is 8.90. The Morgan fingerprint density at radius 3 is 2.38 bits per heavy atom. The second-order valence-electron chi connectivity index (χ2n) is 6.34. The highest BCUT2D eigenvalue weighted by molar-refractivity contribution is 7.80. The summed E-state index contributed by atoms with van der Waals surface area (Å²) in [6.07, 6.45) is 5.22. The number of benzene rings is 2. The Labute approximate surface area is 159 Å². The number of thiocarbonyl (C=S) groups is 1. The molecule has 5 nitrogen and oxygen atoms in total. The molecule has 136 valence electrons. The summed E-state index contributed by atoms with van der Waals surface area (Å²) in [6, 6.07) is 17.1. The molecule has 1 aliphatic rings. The van der Waals surface area contributed by atoms with E-state index in [1.165, 1.54) is 6.42 Å². The number of carbonyl (C=O) groups is 1. The van der Waals surface area contributed by atoms with E-state index in [1.54, 1.807) is 12.1 Å². The lowest BCUT2D eigenvalue weighted by molar-refractivity contribution is 0.192. The number of carbonyl (C=O) groups excluding carboxylic acids is 1. The second kappa shape index (κ2) is 9.20. The van der Waals surface area contributed by atoms with Crippen LogP contribution in [0.3, 0.4) is 0 Å². The minimum absolute atomic E-state index is 0.222. The van der Waals surface area contributed by atoms with Crippen molar-refractivity contribution in [1.29, 1.82) is 0 Å². The topological polar surface area (TPSA) is 62.4 Å². The summed E-state index contributed by atoms with van der Waals surface area (Å²) in [4.78, 5) is 12.1. The van der Waals surface area contributed by atoms with Gasteiger partial charge in [-0.3, -0.25) is 0 Å². The zero-order valence-electron chi connectivity index (χ0n) is 14.5. The molecule has 26 heavy (non-hydrogen) atoms. The van der Waals surface area contributed by atoms with E-state index in [1.807, 2.05) is 42.5 Å². The number of amides is 1. The van der Waals surface area contributed by atoms with Crippen LogP contribution in [0.15, 0.2) is 54.6 Å². The molecule has 0 spiro atoms. The van der Waals surface area contributed by atoms with E-state index < -0.39 is 6.09 Å². The van der Waals surface area contributed by atoms with Gasteiger partial charge in [0, 0.05) is 23.5 Å². The maximum atomic E-state index is 12.1. The Kier molecular flexibility index (Phi) is 6.44. The molecular weight excluding hydrogens is 346 g/mol. The van der Waals surface area contributed by atoms with Crippen LogP contribution in [0.5, 0.6) is 5.75 Å². The highest BCUT2D eigenvalue weighted by Gasteiger charge is 2.16. The summed E-state index contributed by atoms with van der Waals surface area (Å²) in [5, 5.41) is 9.61. The molecule has 2 aromatic carbocycles. The third-order valence-electron chi connectivity index (χ3n) is 4.26. The number of hydrogen-bond donors (Lipinski definition) is 3. The third-order valence-corrected chi connectivity index (χ3v) is 4.47. The lowest BCUT2D eigenvalue weighted by atomic mass is 9.96. The maximum absolute atomic E-state index is 12.1. The van der Waals surface area contributed by atoms with Gasteiger partial charge in [-0.1, -0.05) is 43.5 Å². The van der Waals surface area contributed by atoms with Gasteiger partial charge in [-0.2, -0.15) is 0 Å². The van der Waals surface area contributed by atoms with E-state index in [0.717, 1.165) is 37.1 Å². The molecule has 0 radical (unpaired) electrons. The minimum Gasteiger partial charge on any atom is -0.410 e. The zero-order valence-corrected chi connectivity index (χ0v) is 15.4. The van der Waals surface area contributed by atoms with Crippen molar-refractivity contribution in [3.8, 4) is 5.75 Å². The van der Waals surface area contributed by atoms with E-state index in [-0.39, 0.29) is 6.04 Å². The monoisotopic (exact) mass is 369 g/mol. The fraction of sp³-hybridized carbons (Fsp3) is 0.300. The van der Waals surface area contributed by atoms with Gasteiger partial charge in [0.05, 0.1) is 0 Å². The van der Waals surface area contributed by atoms with Crippen molar-refractivity contribution in [2.75, 3.05) is 10.6 Å². The fourth-order valence-corrected chi connectivity index (χ4v) is 3.24. The SMILES string of the molecule is O=C(NC1CCCCC1)Oc1cccc(NC(=S)Nc2ccccc2)c1. The van der Waals surface area contributed by atoms with Gasteiger partial charge in [-0.05, 0) is 49.3 Å². The van der Waals surface area contributed by atoms with Gasteiger partial charge in [-0.25, -0.2) is 4.79 Å². The van der Waals surface area contributed by atoms with Crippen molar-refractivity contribution in [2.24, 2.45) is 0 Å². The molecule has 6 heteroatoms. The number of nitrogens with one attached hydrogen (secondary N) is 3. The van der Waals surface area contributed by atoms with Gasteiger partial charge in [0.2, 0.25) is 0 Å². The molecule has 2 aromatic rings. The van der Waals surface area contributed by atoms with Gasteiger partial charge < -0.3 is 20.7 Å². The zero-order chi connectivity index (χ0) is 18.2. The van der Waals surface area contributed by atoms with Crippen molar-refractivity contribution in [2.45, 2.75) is 38.1 Å². The lowest BCUT2D eigenvalue weighted by Crippen LogP contribution is -2.38. The number of anilines is 2. The standard InChI is InChI=1S/C20H23N3O2S/c24-20(23-16-10-5-2-6-11-16)25-18-13-7-12-17(14-18)22-19(26)21-15-8-3-1-4-9-15/h1,3-4,7-9,12-14,16H,2,5-6,10-11H2,(H,23,24)(H2,21,22,26). The van der Waals surface area contributed by atoms with Crippen LogP contribution in [-0.4, -0.2) is 17.2 Å². The van der Waals surface area contributed by atoms with Crippen LogP contribution in [0.25, 0.3) is 0 Å². The van der Waals surface area contributed by atoms with Crippen LogP contribution in [0.1, 0.15) is 32.1 Å². The molecule has 1 amide bonds. The van der Waals surface area contributed by atoms with E-state index >= 15 is 0 Å². The molecule has 1 aliphatic carbocycles. The molecule has 1 saturated carbocycles. The van der Waals surface area contributed by atoms with E-state index in [9.17, 15) is 4.79 Å². The van der Waals surface area contributed by atoms with E-state index in [2.05, 4.69) is 16.0 Å². The van der Waals surface area contributed by atoms with Gasteiger partial charge >= 0.3 is 6.09 Å². The van der Waals surface area contributed by atoms with Gasteiger partial charge in [0.1, 0.15) is 5.75 Å².